The molecule has 47 heavy (non-hydrogen) atoms. The van der Waals surface area contributed by atoms with E-state index < -0.39 is 0 Å². The topological polar surface area (TPSA) is 29.5 Å². The number of para-hydroxylation sites is 2. The second-order valence-electron chi connectivity index (χ2n) is 12.1. The minimum Gasteiger partial charge on any atom is -0.456 e. The quantitative estimate of drug-likeness (QED) is 0.188. The SMILES string of the molecule is c1ccc(-c2ccc(N(c3ccc4c(ccc5ccccc54)c3)c3ccc4c(c3)oc3ccccc34)c3c2oc2ccccc23)cc1. The van der Waals surface area contributed by atoms with Gasteiger partial charge in [-0.2, -0.15) is 0 Å². The van der Waals surface area contributed by atoms with E-state index in [1.807, 2.05) is 24.3 Å². The summed E-state index contributed by atoms with van der Waals surface area (Å²) >= 11 is 0. The van der Waals surface area contributed by atoms with Crippen molar-refractivity contribution in [3.05, 3.63) is 164 Å². The average molecular weight is 602 g/mol. The summed E-state index contributed by atoms with van der Waals surface area (Å²) in [6.07, 6.45) is 0. The average Bonchev–Trinajstić information content (AvgIpc) is 3.71. The highest BCUT2D eigenvalue weighted by molar-refractivity contribution is 6.18. The van der Waals surface area contributed by atoms with Crippen LogP contribution < -0.4 is 4.90 Å². The third-order valence-corrected chi connectivity index (χ3v) is 9.44. The van der Waals surface area contributed by atoms with Crippen LogP contribution >= 0.6 is 0 Å². The zero-order chi connectivity index (χ0) is 30.9. The van der Waals surface area contributed by atoms with Gasteiger partial charge in [-0.05, 0) is 75.6 Å². The Morgan fingerprint density at radius 1 is 0.383 bits per heavy atom. The predicted molar refractivity (Wildman–Crippen MR) is 196 cm³/mol. The van der Waals surface area contributed by atoms with Crippen molar-refractivity contribution in [3.63, 3.8) is 0 Å². The number of nitrogens with zero attached hydrogens (tertiary/aromatic N) is 1. The molecule has 0 saturated carbocycles. The highest BCUT2D eigenvalue weighted by Gasteiger charge is 2.23. The van der Waals surface area contributed by atoms with Crippen LogP contribution in [-0.4, -0.2) is 0 Å². The van der Waals surface area contributed by atoms with Gasteiger partial charge in [0.2, 0.25) is 0 Å². The summed E-state index contributed by atoms with van der Waals surface area (Å²) in [5, 5.41) is 9.29. The van der Waals surface area contributed by atoms with Gasteiger partial charge >= 0.3 is 0 Å². The molecule has 0 saturated heterocycles. The minimum absolute atomic E-state index is 0.856. The maximum absolute atomic E-state index is 6.68. The first-order valence-corrected chi connectivity index (χ1v) is 15.9. The Morgan fingerprint density at radius 2 is 1.00 bits per heavy atom. The van der Waals surface area contributed by atoms with Gasteiger partial charge in [0.15, 0.2) is 0 Å². The van der Waals surface area contributed by atoms with Gasteiger partial charge in [-0.15, -0.1) is 0 Å². The van der Waals surface area contributed by atoms with E-state index in [4.69, 9.17) is 8.83 Å². The molecule has 2 heterocycles. The molecule has 0 aliphatic heterocycles. The normalized spacial score (nSPS) is 11.8. The van der Waals surface area contributed by atoms with E-state index in [1.54, 1.807) is 0 Å². The molecule has 10 rings (SSSR count). The van der Waals surface area contributed by atoms with E-state index in [0.29, 0.717) is 0 Å². The molecule has 3 nitrogen and oxygen atoms in total. The molecule has 0 unspecified atom stereocenters. The van der Waals surface area contributed by atoms with E-state index in [0.717, 1.165) is 72.1 Å². The Hall–Kier alpha value is -6.32. The van der Waals surface area contributed by atoms with Crippen LogP contribution in [-0.2, 0) is 0 Å². The van der Waals surface area contributed by atoms with Crippen molar-refractivity contribution < 1.29 is 8.83 Å². The standard InChI is InChI=1S/C44H27NO2/c1-2-10-28(11-3-1)35-24-25-39(43-38-15-7-9-17-41(38)47-44(35)43)45(32-21-23-37-36-14-6-8-16-40(36)46-42(37)27-32)31-20-22-34-30(26-31)19-18-29-12-4-5-13-33(29)34/h1-27H. The Labute approximate surface area is 270 Å². The second-order valence-corrected chi connectivity index (χ2v) is 12.1. The first-order chi connectivity index (χ1) is 23.3. The largest absolute Gasteiger partial charge is 0.456 e. The summed E-state index contributed by atoms with van der Waals surface area (Å²) in [7, 11) is 0. The Bertz CT molecular complexity index is 2810. The van der Waals surface area contributed by atoms with Crippen LogP contribution in [0.4, 0.5) is 17.1 Å². The summed E-state index contributed by atoms with van der Waals surface area (Å²) in [5.74, 6) is 0. The fraction of sp³-hybridized carbons (Fsp3) is 0. The molecule has 0 amide bonds. The zero-order valence-electron chi connectivity index (χ0n) is 25.4. The van der Waals surface area contributed by atoms with Crippen molar-refractivity contribution >= 4 is 82.5 Å². The van der Waals surface area contributed by atoms with Gasteiger partial charge in [0, 0.05) is 39.2 Å². The monoisotopic (exact) mass is 601 g/mol. The Balaban J connectivity index is 1.28. The molecular weight excluding hydrogens is 574 g/mol. The number of anilines is 3. The smallest absolute Gasteiger partial charge is 0.145 e. The first kappa shape index (κ1) is 26.0. The van der Waals surface area contributed by atoms with Gasteiger partial charge in [-0.1, -0.05) is 109 Å². The Kier molecular flexibility index (Phi) is 5.57. The summed E-state index contributed by atoms with van der Waals surface area (Å²) in [5.41, 5.74) is 8.78. The van der Waals surface area contributed by atoms with Crippen molar-refractivity contribution in [3.8, 4) is 11.1 Å². The van der Waals surface area contributed by atoms with E-state index in [-0.39, 0.29) is 0 Å². The lowest BCUT2D eigenvalue weighted by molar-refractivity contribution is 0.669. The lowest BCUT2D eigenvalue weighted by Gasteiger charge is -2.27. The van der Waals surface area contributed by atoms with Crippen molar-refractivity contribution in [2.45, 2.75) is 0 Å². The van der Waals surface area contributed by atoms with Crippen LogP contribution in [0, 0.1) is 0 Å². The third kappa shape index (κ3) is 4.00. The van der Waals surface area contributed by atoms with Crippen LogP contribution in [0.2, 0.25) is 0 Å². The maximum atomic E-state index is 6.68. The minimum atomic E-state index is 0.856. The molecule has 2 aromatic heterocycles. The highest BCUT2D eigenvalue weighted by atomic mass is 16.3. The van der Waals surface area contributed by atoms with Gasteiger partial charge in [0.25, 0.3) is 0 Å². The number of hydrogen-bond acceptors (Lipinski definition) is 3. The highest BCUT2D eigenvalue weighted by Crippen LogP contribution is 2.47. The molecule has 8 aromatic carbocycles. The van der Waals surface area contributed by atoms with Crippen molar-refractivity contribution in [2.24, 2.45) is 0 Å². The first-order valence-electron chi connectivity index (χ1n) is 15.9. The number of hydrogen-bond donors (Lipinski definition) is 0. The van der Waals surface area contributed by atoms with Crippen LogP contribution in [0.5, 0.6) is 0 Å². The summed E-state index contributed by atoms with van der Waals surface area (Å²) < 4.78 is 13.1. The maximum Gasteiger partial charge on any atom is 0.145 e. The summed E-state index contributed by atoms with van der Waals surface area (Å²) in [6, 6.07) is 57.8. The van der Waals surface area contributed by atoms with Gasteiger partial charge in [0.05, 0.1) is 11.1 Å². The molecule has 3 heteroatoms. The molecule has 220 valence electrons. The van der Waals surface area contributed by atoms with Gasteiger partial charge in [-0.3, -0.25) is 0 Å². The number of furan rings is 2. The molecule has 0 spiro atoms. The summed E-state index contributed by atoms with van der Waals surface area (Å²) in [6.45, 7) is 0. The molecule has 0 atom stereocenters. The van der Waals surface area contributed by atoms with E-state index in [1.165, 1.54) is 21.5 Å². The molecule has 0 bridgehead atoms. The number of benzene rings is 8. The predicted octanol–water partition coefficient (Wildman–Crippen LogP) is 12.9. The van der Waals surface area contributed by atoms with Gasteiger partial charge < -0.3 is 13.7 Å². The van der Waals surface area contributed by atoms with Crippen molar-refractivity contribution in [2.75, 3.05) is 4.90 Å². The molecule has 10 aromatic rings. The molecule has 0 N–H and O–H groups in total. The van der Waals surface area contributed by atoms with E-state index >= 15 is 0 Å². The Morgan fingerprint density at radius 3 is 1.85 bits per heavy atom. The van der Waals surface area contributed by atoms with Crippen molar-refractivity contribution in [1.29, 1.82) is 0 Å². The summed E-state index contributed by atoms with van der Waals surface area (Å²) in [4.78, 5) is 2.35. The van der Waals surface area contributed by atoms with Crippen LogP contribution in [0.1, 0.15) is 0 Å². The molecular formula is C44H27NO2. The van der Waals surface area contributed by atoms with Crippen LogP contribution in [0.25, 0.3) is 76.5 Å². The second kappa shape index (κ2) is 10.1. The number of fused-ring (bicyclic) bond motifs is 9. The molecule has 0 radical (unpaired) electrons. The van der Waals surface area contributed by atoms with E-state index in [2.05, 4.69) is 144 Å². The number of rotatable bonds is 4. The van der Waals surface area contributed by atoms with Crippen LogP contribution in [0.15, 0.2) is 173 Å². The van der Waals surface area contributed by atoms with E-state index in [9.17, 15) is 0 Å². The fourth-order valence-electron chi connectivity index (χ4n) is 7.26. The van der Waals surface area contributed by atoms with Crippen LogP contribution in [0.3, 0.4) is 0 Å². The van der Waals surface area contributed by atoms with Gasteiger partial charge in [0.1, 0.15) is 22.3 Å². The van der Waals surface area contributed by atoms with Crippen molar-refractivity contribution in [1.82, 2.24) is 0 Å². The molecule has 0 aliphatic rings. The molecule has 0 fully saturated rings. The lowest BCUT2D eigenvalue weighted by atomic mass is 9.99. The fourth-order valence-corrected chi connectivity index (χ4v) is 7.26. The van der Waals surface area contributed by atoms with Gasteiger partial charge in [-0.25, -0.2) is 0 Å². The molecule has 0 aliphatic carbocycles. The lowest BCUT2D eigenvalue weighted by Crippen LogP contribution is -2.10. The third-order valence-electron chi connectivity index (χ3n) is 9.44. The zero-order valence-corrected chi connectivity index (χ0v) is 25.4.